The van der Waals surface area contributed by atoms with Crippen molar-refractivity contribution in [3.05, 3.63) is 35.9 Å². The number of hydrogen-bond acceptors (Lipinski definition) is 1. The van der Waals surface area contributed by atoms with Gasteiger partial charge in [-0.3, -0.25) is 0 Å². The third-order valence-electron chi connectivity index (χ3n) is 3.94. The maximum absolute atomic E-state index is 3.60. The Balaban J connectivity index is 2.06. The molecule has 16 heavy (non-hydrogen) atoms. The number of benzene rings is 1. The molecule has 2 atom stereocenters. The standard InChI is InChI=1S/C15H23N/c1-3-10-16-12-15(11-13(15)4-2)14-8-6-5-7-9-14/h5-9,13,16H,3-4,10-12H2,1-2H3. The Labute approximate surface area is 99.3 Å². The smallest absolute Gasteiger partial charge is 0.0109 e. The number of hydrogen-bond donors (Lipinski definition) is 1. The summed E-state index contributed by atoms with van der Waals surface area (Å²) in [5.41, 5.74) is 1.98. The molecule has 0 spiro atoms. The van der Waals surface area contributed by atoms with Gasteiger partial charge in [-0.05, 0) is 30.9 Å². The molecule has 1 aliphatic carbocycles. The van der Waals surface area contributed by atoms with E-state index in [2.05, 4.69) is 49.5 Å². The maximum atomic E-state index is 3.60. The second kappa shape index (κ2) is 5.01. The van der Waals surface area contributed by atoms with Gasteiger partial charge in [-0.25, -0.2) is 0 Å². The molecular formula is C15H23N. The van der Waals surface area contributed by atoms with Crippen molar-refractivity contribution in [2.24, 2.45) is 5.92 Å². The third-order valence-corrected chi connectivity index (χ3v) is 3.94. The van der Waals surface area contributed by atoms with Gasteiger partial charge in [-0.15, -0.1) is 0 Å². The number of rotatable bonds is 6. The van der Waals surface area contributed by atoms with Crippen molar-refractivity contribution in [3.63, 3.8) is 0 Å². The predicted octanol–water partition coefficient (Wildman–Crippen LogP) is 3.35. The van der Waals surface area contributed by atoms with Gasteiger partial charge in [0, 0.05) is 12.0 Å². The van der Waals surface area contributed by atoms with E-state index in [0.717, 1.165) is 19.0 Å². The van der Waals surface area contributed by atoms with Gasteiger partial charge in [-0.2, -0.15) is 0 Å². The number of nitrogens with one attached hydrogen (secondary N) is 1. The zero-order valence-corrected chi connectivity index (χ0v) is 10.5. The quantitative estimate of drug-likeness (QED) is 0.721. The highest BCUT2D eigenvalue weighted by atomic mass is 14.9. The van der Waals surface area contributed by atoms with Crippen LogP contribution in [0.15, 0.2) is 30.3 Å². The van der Waals surface area contributed by atoms with E-state index in [1.165, 1.54) is 24.8 Å². The molecule has 0 saturated heterocycles. The van der Waals surface area contributed by atoms with Crippen LogP contribution in [0.2, 0.25) is 0 Å². The van der Waals surface area contributed by atoms with E-state index in [1.807, 2.05) is 0 Å². The first kappa shape index (κ1) is 11.7. The maximum Gasteiger partial charge on any atom is 0.0109 e. The van der Waals surface area contributed by atoms with E-state index in [4.69, 9.17) is 0 Å². The fourth-order valence-electron chi connectivity index (χ4n) is 2.85. The van der Waals surface area contributed by atoms with Crippen LogP contribution in [0.25, 0.3) is 0 Å². The van der Waals surface area contributed by atoms with Gasteiger partial charge < -0.3 is 5.32 Å². The molecule has 1 aromatic carbocycles. The van der Waals surface area contributed by atoms with Crippen LogP contribution >= 0.6 is 0 Å². The van der Waals surface area contributed by atoms with Crippen LogP contribution in [0.5, 0.6) is 0 Å². The summed E-state index contributed by atoms with van der Waals surface area (Å²) in [4.78, 5) is 0. The highest BCUT2D eigenvalue weighted by molar-refractivity contribution is 5.34. The summed E-state index contributed by atoms with van der Waals surface area (Å²) >= 11 is 0. The van der Waals surface area contributed by atoms with Crippen molar-refractivity contribution < 1.29 is 0 Å². The molecule has 88 valence electrons. The van der Waals surface area contributed by atoms with Gasteiger partial charge in [0.1, 0.15) is 0 Å². The lowest BCUT2D eigenvalue weighted by Gasteiger charge is -2.18. The minimum absolute atomic E-state index is 0.450. The fourth-order valence-corrected chi connectivity index (χ4v) is 2.85. The Morgan fingerprint density at radius 1 is 1.25 bits per heavy atom. The molecule has 1 fully saturated rings. The molecule has 1 saturated carbocycles. The lowest BCUT2D eigenvalue weighted by molar-refractivity contribution is 0.523. The Kier molecular flexibility index (Phi) is 3.65. The molecule has 1 nitrogen and oxygen atoms in total. The van der Waals surface area contributed by atoms with Crippen LogP contribution < -0.4 is 5.32 Å². The Morgan fingerprint density at radius 2 is 2.00 bits per heavy atom. The molecule has 1 N–H and O–H groups in total. The zero-order chi connectivity index (χ0) is 11.4. The average Bonchev–Trinajstić information content (AvgIpc) is 3.06. The highest BCUT2D eigenvalue weighted by Crippen LogP contribution is 2.55. The van der Waals surface area contributed by atoms with Gasteiger partial charge in [0.05, 0.1) is 0 Å². The molecule has 1 aliphatic rings. The largest absolute Gasteiger partial charge is 0.316 e. The van der Waals surface area contributed by atoms with Crippen molar-refractivity contribution in [2.45, 2.75) is 38.5 Å². The van der Waals surface area contributed by atoms with E-state index < -0.39 is 0 Å². The van der Waals surface area contributed by atoms with Gasteiger partial charge in [0.25, 0.3) is 0 Å². The van der Waals surface area contributed by atoms with Crippen molar-refractivity contribution in [2.75, 3.05) is 13.1 Å². The molecule has 1 aromatic rings. The normalized spacial score (nSPS) is 28.0. The Bertz CT molecular complexity index is 319. The van der Waals surface area contributed by atoms with Crippen LogP contribution in [0.1, 0.15) is 38.7 Å². The summed E-state index contributed by atoms with van der Waals surface area (Å²) in [7, 11) is 0. The molecule has 0 heterocycles. The Morgan fingerprint density at radius 3 is 2.56 bits per heavy atom. The molecule has 0 amide bonds. The summed E-state index contributed by atoms with van der Waals surface area (Å²) in [5, 5.41) is 3.60. The molecule has 2 unspecified atom stereocenters. The third kappa shape index (κ3) is 2.15. The minimum atomic E-state index is 0.450. The second-order valence-electron chi connectivity index (χ2n) is 5.01. The highest BCUT2D eigenvalue weighted by Gasteiger charge is 2.53. The lowest BCUT2D eigenvalue weighted by Crippen LogP contribution is -2.29. The first-order valence-electron chi connectivity index (χ1n) is 6.59. The van der Waals surface area contributed by atoms with Crippen LogP contribution in [-0.4, -0.2) is 13.1 Å². The molecule has 0 radical (unpaired) electrons. The van der Waals surface area contributed by atoms with E-state index in [1.54, 1.807) is 0 Å². The van der Waals surface area contributed by atoms with E-state index >= 15 is 0 Å². The van der Waals surface area contributed by atoms with Crippen molar-refractivity contribution in [1.82, 2.24) is 5.32 Å². The van der Waals surface area contributed by atoms with Crippen molar-refractivity contribution in [3.8, 4) is 0 Å². The first-order chi connectivity index (χ1) is 7.83. The minimum Gasteiger partial charge on any atom is -0.316 e. The van der Waals surface area contributed by atoms with Gasteiger partial charge in [0.2, 0.25) is 0 Å². The average molecular weight is 217 g/mol. The molecular weight excluding hydrogens is 194 g/mol. The molecule has 0 aliphatic heterocycles. The Hall–Kier alpha value is -0.820. The lowest BCUT2D eigenvalue weighted by atomic mass is 9.92. The fraction of sp³-hybridized carbons (Fsp3) is 0.600. The summed E-state index contributed by atoms with van der Waals surface area (Å²) in [5.74, 6) is 0.888. The summed E-state index contributed by atoms with van der Waals surface area (Å²) in [6.07, 6.45) is 3.90. The van der Waals surface area contributed by atoms with Crippen LogP contribution in [0.4, 0.5) is 0 Å². The van der Waals surface area contributed by atoms with E-state index in [-0.39, 0.29) is 0 Å². The van der Waals surface area contributed by atoms with Crippen LogP contribution in [0.3, 0.4) is 0 Å². The van der Waals surface area contributed by atoms with Crippen molar-refractivity contribution in [1.29, 1.82) is 0 Å². The van der Waals surface area contributed by atoms with E-state index in [0.29, 0.717) is 5.41 Å². The van der Waals surface area contributed by atoms with Crippen molar-refractivity contribution >= 4 is 0 Å². The molecule has 1 heteroatoms. The van der Waals surface area contributed by atoms with Crippen LogP contribution in [-0.2, 0) is 5.41 Å². The summed E-state index contributed by atoms with van der Waals surface area (Å²) in [6, 6.07) is 11.0. The summed E-state index contributed by atoms with van der Waals surface area (Å²) in [6.45, 7) is 6.84. The summed E-state index contributed by atoms with van der Waals surface area (Å²) < 4.78 is 0. The van der Waals surface area contributed by atoms with E-state index in [9.17, 15) is 0 Å². The molecule has 0 aromatic heterocycles. The molecule has 2 rings (SSSR count). The topological polar surface area (TPSA) is 12.0 Å². The SMILES string of the molecule is CCCNCC1(c2ccccc2)CC1CC. The monoisotopic (exact) mass is 217 g/mol. The first-order valence-corrected chi connectivity index (χ1v) is 6.59. The van der Waals surface area contributed by atoms with Gasteiger partial charge >= 0.3 is 0 Å². The van der Waals surface area contributed by atoms with Crippen LogP contribution in [0, 0.1) is 5.92 Å². The molecule has 0 bridgehead atoms. The second-order valence-corrected chi connectivity index (χ2v) is 5.01. The van der Waals surface area contributed by atoms with Gasteiger partial charge in [0.15, 0.2) is 0 Å². The zero-order valence-electron chi connectivity index (χ0n) is 10.5. The predicted molar refractivity (Wildman–Crippen MR) is 69.7 cm³/mol. The van der Waals surface area contributed by atoms with Gasteiger partial charge in [-0.1, -0.05) is 50.6 Å².